The number of aromatic nitrogens is 1. The molecule has 25 heavy (non-hydrogen) atoms. The van der Waals surface area contributed by atoms with Crippen molar-refractivity contribution < 1.29 is 26.3 Å². The fourth-order valence-corrected chi connectivity index (χ4v) is 2.83. The zero-order chi connectivity index (χ0) is 18.6. The summed E-state index contributed by atoms with van der Waals surface area (Å²) in [6, 6.07) is 5.87. The van der Waals surface area contributed by atoms with Crippen LogP contribution in [0.4, 0.5) is 26.3 Å². The minimum Gasteiger partial charge on any atom is -0.312 e. The maximum Gasteiger partial charge on any atom is 0.416 e. The molecule has 0 saturated carbocycles. The Hall–Kier alpha value is -2.26. The predicted octanol–water partition coefficient (Wildman–Crippen LogP) is 4.47. The Bertz CT molecular complexity index is 868. The van der Waals surface area contributed by atoms with Crippen molar-refractivity contribution in [1.29, 1.82) is 0 Å². The molecule has 0 bridgehead atoms. The van der Waals surface area contributed by atoms with E-state index in [1.54, 1.807) is 0 Å². The Morgan fingerprint density at radius 2 is 1.24 bits per heavy atom. The van der Waals surface area contributed by atoms with Gasteiger partial charge in [0.1, 0.15) is 6.29 Å². The lowest BCUT2D eigenvalue weighted by Crippen LogP contribution is -2.30. The molecule has 3 N–H and O–H groups in total. The van der Waals surface area contributed by atoms with Crippen molar-refractivity contribution in [3.8, 4) is 0 Å². The molecule has 3 aromatic rings. The first-order valence-electron chi connectivity index (χ1n) is 7.19. The third kappa shape index (κ3) is 2.93. The van der Waals surface area contributed by atoms with Crippen molar-refractivity contribution in [2.75, 3.05) is 7.05 Å². The van der Waals surface area contributed by atoms with E-state index in [2.05, 4.69) is 5.32 Å². The van der Waals surface area contributed by atoms with Crippen molar-refractivity contribution >= 4 is 21.8 Å². The van der Waals surface area contributed by atoms with Gasteiger partial charge in [0.15, 0.2) is 0 Å². The van der Waals surface area contributed by atoms with Gasteiger partial charge in [-0.25, -0.2) is 0 Å². The summed E-state index contributed by atoms with van der Waals surface area (Å²) >= 11 is 0. The molecular formula is C16H13F6N3. The lowest BCUT2D eigenvalue weighted by atomic mass is 10.1. The molecule has 0 spiro atoms. The average molecular weight is 361 g/mol. The highest BCUT2D eigenvalue weighted by Crippen LogP contribution is 2.38. The lowest BCUT2D eigenvalue weighted by molar-refractivity contribution is -0.138. The van der Waals surface area contributed by atoms with Crippen LogP contribution in [-0.2, 0) is 12.4 Å². The van der Waals surface area contributed by atoms with E-state index in [0.29, 0.717) is 11.0 Å². The molecule has 3 rings (SSSR count). The van der Waals surface area contributed by atoms with E-state index in [0.717, 1.165) is 24.3 Å². The largest absolute Gasteiger partial charge is 0.416 e. The van der Waals surface area contributed by atoms with Crippen molar-refractivity contribution in [3.05, 3.63) is 47.5 Å². The van der Waals surface area contributed by atoms with E-state index in [9.17, 15) is 26.3 Å². The normalized spacial score (nSPS) is 14.4. The van der Waals surface area contributed by atoms with Gasteiger partial charge in [-0.2, -0.15) is 26.3 Å². The Labute approximate surface area is 138 Å². The Balaban J connectivity index is 2.42. The predicted molar refractivity (Wildman–Crippen MR) is 81.7 cm³/mol. The molecule has 0 aliphatic rings. The molecular weight excluding hydrogens is 348 g/mol. The maximum atomic E-state index is 13.0. The average Bonchev–Trinajstić information content (AvgIpc) is 2.85. The minimum atomic E-state index is -4.60. The van der Waals surface area contributed by atoms with Crippen molar-refractivity contribution in [1.82, 2.24) is 9.88 Å². The quantitative estimate of drug-likeness (QED) is 0.523. The van der Waals surface area contributed by atoms with Gasteiger partial charge in [0.25, 0.3) is 0 Å². The standard InChI is InChI=1S/C16H13F6N3/c1-24-14(23)25-12-4-2-8(15(17,18)19)6-10(12)11-7-9(16(20,21)22)3-5-13(11)25/h2-7,14,24H,23H2,1H3. The van der Waals surface area contributed by atoms with Crippen molar-refractivity contribution in [2.24, 2.45) is 5.73 Å². The number of nitrogens with zero attached hydrogens (tertiary/aromatic N) is 1. The summed E-state index contributed by atoms with van der Waals surface area (Å²) in [5.74, 6) is 0. The summed E-state index contributed by atoms with van der Waals surface area (Å²) in [6.45, 7) is 0. The Morgan fingerprint density at radius 3 is 1.56 bits per heavy atom. The van der Waals surface area contributed by atoms with Crippen LogP contribution in [0.3, 0.4) is 0 Å². The van der Waals surface area contributed by atoms with Gasteiger partial charge in [0.2, 0.25) is 0 Å². The zero-order valence-corrected chi connectivity index (χ0v) is 12.8. The SMILES string of the molecule is CNC(N)n1c2ccc(C(F)(F)F)cc2c2cc(C(F)(F)F)ccc21. The zero-order valence-electron chi connectivity index (χ0n) is 12.8. The molecule has 1 unspecified atom stereocenters. The summed E-state index contributed by atoms with van der Waals surface area (Å²) in [7, 11) is 1.54. The van der Waals surface area contributed by atoms with Gasteiger partial charge in [0.05, 0.1) is 22.2 Å². The topological polar surface area (TPSA) is 43.0 Å². The van der Waals surface area contributed by atoms with Crippen LogP contribution >= 0.6 is 0 Å². The van der Waals surface area contributed by atoms with Gasteiger partial charge >= 0.3 is 12.4 Å². The summed E-state index contributed by atoms with van der Waals surface area (Å²) in [6.07, 6.45) is -10.0. The summed E-state index contributed by atoms with van der Waals surface area (Å²) < 4.78 is 79.4. The molecule has 0 radical (unpaired) electrons. The first-order valence-corrected chi connectivity index (χ1v) is 7.19. The summed E-state index contributed by atoms with van der Waals surface area (Å²) in [5.41, 5.74) is 4.67. The number of nitrogens with one attached hydrogen (secondary N) is 1. The van der Waals surface area contributed by atoms with Gasteiger partial charge < -0.3 is 4.57 Å². The molecule has 2 aromatic carbocycles. The number of hydrogen-bond acceptors (Lipinski definition) is 2. The Morgan fingerprint density at radius 1 is 0.840 bits per heavy atom. The van der Waals surface area contributed by atoms with Crippen molar-refractivity contribution in [3.63, 3.8) is 0 Å². The molecule has 1 aromatic heterocycles. The Kier molecular flexibility index (Phi) is 3.96. The second-order valence-electron chi connectivity index (χ2n) is 5.56. The van der Waals surface area contributed by atoms with Gasteiger partial charge in [0, 0.05) is 10.8 Å². The van der Waals surface area contributed by atoms with E-state index >= 15 is 0 Å². The maximum absolute atomic E-state index is 13.0. The highest BCUT2D eigenvalue weighted by molar-refractivity contribution is 6.08. The number of rotatable bonds is 2. The van der Waals surface area contributed by atoms with Crippen LogP contribution in [0, 0.1) is 0 Å². The molecule has 9 heteroatoms. The third-order valence-electron chi connectivity index (χ3n) is 4.03. The number of hydrogen-bond donors (Lipinski definition) is 2. The van der Waals surface area contributed by atoms with E-state index in [1.165, 1.54) is 23.7 Å². The molecule has 3 nitrogen and oxygen atoms in total. The fraction of sp³-hybridized carbons (Fsp3) is 0.250. The summed E-state index contributed by atoms with van der Waals surface area (Å²) in [4.78, 5) is 0. The number of alkyl halides is 6. The van der Waals surface area contributed by atoms with Crippen LogP contribution in [0.2, 0.25) is 0 Å². The molecule has 0 saturated heterocycles. The van der Waals surface area contributed by atoms with Crippen LogP contribution in [0.25, 0.3) is 21.8 Å². The highest BCUT2D eigenvalue weighted by Gasteiger charge is 2.33. The van der Waals surface area contributed by atoms with Crippen LogP contribution < -0.4 is 11.1 Å². The molecule has 1 heterocycles. The van der Waals surface area contributed by atoms with Crippen LogP contribution in [-0.4, -0.2) is 11.6 Å². The first kappa shape index (κ1) is 17.6. The van der Waals surface area contributed by atoms with Gasteiger partial charge in [-0.3, -0.25) is 11.1 Å². The number of nitrogens with two attached hydrogens (primary N) is 1. The fourth-order valence-electron chi connectivity index (χ4n) is 2.83. The van der Waals surface area contributed by atoms with Crippen LogP contribution in [0.15, 0.2) is 36.4 Å². The van der Waals surface area contributed by atoms with Crippen molar-refractivity contribution in [2.45, 2.75) is 18.6 Å². The first-order chi connectivity index (χ1) is 11.5. The molecule has 0 fully saturated rings. The highest BCUT2D eigenvalue weighted by atomic mass is 19.4. The third-order valence-corrected chi connectivity index (χ3v) is 4.03. The van der Waals surface area contributed by atoms with Gasteiger partial charge in [-0.15, -0.1) is 0 Å². The van der Waals surface area contributed by atoms with E-state index in [-0.39, 0.29) is 10.8 Å². The molecule has 0 aliphatic heterocycles. The second kappa shape index (κ2) is 5.63. The van der Waals surface area contributed by atoms with Gasteiger partial charge in [-0.1, -0.05) is 0 Å². The van der Waals surface area contributed by atoms with E-state index in [4.69, 9.17) is 5.73 Å². The number of halogens is 6. The van der Waals surface area contributed by atoms with Gasteiger partial charge in [-0.05, 0) is 43.4 Å². The second-order valence-corrected chi connectivity index (χ2v) is 5.56. The smallest absolute Gasteiger partial charge is 0.312 e. The molecule has 134 valence electrons. The monoisotopic (exact) mass is 361 g/mol. The van der Waals surface area contributed by atoms with E-state index < -0.39 is 29.8 Å². The number of benzene rings is 2. The lowest BCUT2D eigenvalue weighted by Gasteiger charge is -2.16. The van der Waals surface area contributed by atoms with Crippen LogP contribution in [0.1, 0.15) is 17.4 Å². The molecule has 1 atom stereocenters. The number of fused-ring (bicyclic) bond motifs is 3. The van der Waals surface area contributed by atoms with Crippen LogP contribution in [0.5, 0.6) is 0 Å². The molecule has 0 aliphatic carbocycles. The molecule has 0 amide bonds. The van der Waals surface area contributed by atoms with E-state index in [1.807, 2.05) is 0 Å². The summed E-state index contributed by atoms with van der Waals surface area (Å²) in [5, 5.41) is 2.85. The minimum absolute atomic E-state index is 0.0571.